The van der Waals surface area contributed by atoms with Gasteiger partial charge in [0.25, 0.3) is 0 Å². The summed E-state index contributed by atoms with van der Waals surface area (Å²) in [6.07, 6.45) is 0.176. The van der Waals surface area contributed by atoms with Crippen LogP contribution in [0.5, 0.6) is 0 Å². The fourth-order valence-electron chi connectivity index (χ4n) is 1.52. The molecule has 1 saturated carbocycles. The van der Waals surface area contributed by atoms with Crippen LogP contribution in [0.4, 0.5) is 17.6 Å². The first kappa shape index (κ1) is 13.9. The second kappa shape index (κ2) is 4.62. The Morgan fingerprint density at radius 2 is 2.06 bits per heavy atom. The molecule has 0 bridgehead atoms. The average Bonchev–Trinajstić information content (AvgIpc) is 2.21. The minimum atomic E-state index is -3.96. The maximum atomic E-state index is 12.9. The molecule has 0 aromatic carbocycles. The second-order valence-electron chi connectivity index (χ2n) is 4.43. The smallest absolute Gasteiger partial charge is 0.309 e. The Bertz CT molecular complexity index is 326. The first-order valence-electron chi connectivity index (χ1n) is 5.29. The largest absolute Gasteiger partial charge is 0.314 e. The van der Waals surface area contributed by atoms with Gasteiger partial charge in [-0.25, -0.2) is 0 Å². The Hall–Kier alpha value is -1.14. The van der Waals surface area contributed by atoms with Crippen molar-refractivity contribution in [2.75, 3.05) is 6.54 Å². The molecule has 1 unspecified atom stereocenters. The SMILES string of the molecule is CC(C)/C(C=N)=N/NCC1CC(F)(F)C1(F)F. The van der Waals surface area contributed by atoms with E-state index in [0.29, 0.717) is 5.71 Å². The van der Waals surface area contributed by atoms with Gasteiger partial charge in [0.1, 0.15) is 0 Å². The van der Waals surface area contributed by atoms with Gasteiger partial charge in [-0.15, -0.1) is 0 Å². The zero-order chi connectivity index (χ0) is 13.3. The number of nitrogens with zero attached hydrogens (tertiary/aromatic N) is 1. The van der Waals surface area contributed by atoms with Crippen LogP contribution in [0.25, 0.3) is 0 Å². The van der Waals surface area contributed by atoms with E-state index in [1.165, 1.54) is 0 Å². The van der Waals surface area contributed by atoms with Gasteiger partial charge in [0, 0.05) is 19.2 Å². The van der Waals surface area contributed by atoms with Crippen molar-refractivity contribution in [2.45, 2.75) is 32.1 Å². The van der Waals surface area contributed by atoms with Gasteiger partial charge in [-0.3, -0.25) is 0 Å². The van der Waals surface area contributed by atoms with Crippen LogP contribution in [0.3, 0.4) is 0 Å². The van der Waals surface area contributed by atoms with E-state index in [0.717, 1.165) is 6.21 Å². The highest BCUT2D eigenvalue weighted by molar-refractivity contribution is 6.30. The third kappa shape index (κ3) is 2.58. The summed E-state index contributed by atoms with van der Waals surface area (Å²) in [6, 6.07) is 0. The van der Waals surface area contributed by atoms with Crippen molar-refractivity contribution in [3.05, 3.63) is 0 Å². The second-order valence-corrected chi connectivity index (χ2v) is 4.43. The molecule has 0 spiro atoms. The summed E-state index contributed by atoms with van der Waals surface area (Å²) in [4.78, 5) is 0. The van der Waals surface area contributed by atoms with Gasteiger partial charge in [-0.05, 0) is 5.92 Å². The molecule has 17 heavy (non-hydrogen) atoms. The predicted molar refractivity (Wildman–Crippen MR) is 57.1 cm³/mol. The molecule has 0 aromatic rings. The standard InChI is InChI=1S/C10H15F4N3/c1-6(2)8(4-15)17-16-5-7-3-9(11,12)10(7,13)14/h4,6-7,15-16H,3,5H2,1-2H3/b15-4?,17-8+. The molecule has 0 amide bonds. The van der Waals surface area contributed by atoms with E-state index in [1.807, 2.05) is 0 Å². The molecule has 1 atom stereocenters. The van der Waals surface area contributed by atoms with E-state index in [2.05, 4.69) is 10.5 Å². The van der Waals surface area contributed by atoms with Crippen LogP contribution in [0.1, 0.15) is 20.3 Å². The monoisotopic (exact) mass is 253 g/mol. The topological polar surface area (TPSA) is 48.2 Å². The van der Waals surface area contributed by atoms with E-state index in [1.54, 1.807) is 13.8 Å². The van der Waals surface area contributed by atoms with Gasteiger partial charge in [-0.1, -0.05) is 13.8 Å². The summed E-state index contributed by atoms with van der Waals surface area (Å²) < 4.78 is 50.7. The van der Waals surface area contributed by atoms with E-state index in [4.69, 9.17) is 5.41 Å². The molecular weight excluding hydrogens is 238 g/mol. The molecule has 1 fully saturated rings. The maximum Gasteiger partial charge on any atom is 0.314 e. The van der Waals surface area contributed by atoms with Crippen LogP contribution < -0.4 is 5.43 Å². The quantitative estimate of drug-likeness (QED) is 0.441. The van der Waals surface area contributed by atoms with E-state index in [-0.39, 0.29) is 12.5 Å². The Morgan fingerprint density at radius 1 is 1.47 bits per heavy atom. The predicted octanol–water partition coefficient (Wildman–Crippen LogP) is 2.53. The average molecular weight is 253 g/mol. The number of hydrogen-bond donors (Lipinski definition) is 2. The number of rotatable bonds is 5. The lowest BCUT2D eigenvalue weighted by atomic mass is 9.77. The summed E-state index contributed by atoms with van der Waals surface area (Å²) in [5, 5.41) is 10.7. The fourth-order valence-corrected chi connectivity index (χ4v) is 1.52. The highest BCUT2D eigenvalue weighted by Gasteiger charge is 2.71. The third-order valence-electron chi connectivity index (χ3n) is 2.79. The molecule has 2 N–H and O–H groups in total. The first-order valence-corrected chi connectivity index (χ1v) is 5.29. The molecule has 0 aliphatic heterocycles. The molecule has 0 heterocycles. The number of nitrogens with one attached hydrogen (secondary N) is 2. The van der Waals surface area contributed by atoms with E-state index < -0.39 is 24.2 Å². The van der Waals surface area contributed by atoms with Crippen LogP contribution in [0.15, 0.2) is 5.10 Å². The Kier molecular flexibility index (Phi) is 3.78. The normalized spacial score (nSPS) is 26.5. The lowest BCUT2D eigenvalue weighted by molar-refractivity contribution is -0.312. The molecule has 3 nitrogen and oxygen atoms in total. The van der Waals surface area contributed by atoms with Crippen molar-refractivity contribution < 1.29 is 17.6 Å². The van der Waals surface area contributed by atoms with Gasteiger partial charge in [-0.2, -0.15) is 22.7 Å². The van der Waals surface area contributed by atoms with Crippen LogP contribution in [0.2, 0.25) is 0 Å². The van der Waals surface area contributed by atoms with E-state index >= 15 is 0 Å². The number of hydrazone groups is 1. The Labute approximate surface area is 96.8 Å². The molecule has 0 saturated heterocycles. The molecule has 1 aliphatic carbocycles. The zero-order valence-electron chi connectivity index (χ0n) is 9.61. The fraction of sp³-hybridized carbons (Fsp3) is 0.800. The molecular formula is C10H15F4N3. The van der Waals surface area contributed by atoms with Crippen LogP contribution >= 0.6 is 0 Å². The van der Waals surface area contributed by atoms with Crippen molar-refractivity contribution in [2.24, 2.45) is 16.9 Å². The molecule has 0 aromatic heterocycles. The number of halogens is 4. The van der Waals surface area contributed by atoms with Gasteiger partial charge in [0.15, 0.2) is 0 Å². The Balaban J connectivity index is 2.47. The number of hydrogen-bond acceptors (Lipinski definition) is 3. The van der Waals surface area contributed by atoms with Crippen molar-refractivity contribution in [3.63, 3.8) is 0 Å². The number of alkyl halides is 4. The summed E-state index contributed by atoms with van der Waals surface area (Å²) >= 11 is 0. The van der Waals surface area contributed by atoms with E-state index in [9.17, 15) is 17.6 Å². The van der Waals surface area contributed by atoms with Crippen molar-refractivity contribution >= 4 is 11.9 Å². The molecule has 7 heteroatoms. The molecule has 1 aliphatic rings. The summed E-state index contributed by atoms with van der Waals surface area (Å²) in [6.45, 7) is 3.27. The third-order valence-corrected chi connectivity index (χ3v) is 2.79. The van der Waals surface area contributed by atoms with Gasteiger partial charge in [0.2, 0.25) is 0 Å². The van der Waals surface area contributed by atoms with Crippen molar-refractivity contribution in [3.8, 4) is 0 Å². The lowest BCUT2D eigenvalue weighted by Crippen LogP contribution is -2.61. The van der Waals surface area contributed by atoms with Gasteiger partial charge in [0.05, 0.1) is 11.6 Å². The Morgan fingerprint density at radius 3 is 2.41 bits per heavy atom. The molecule has 0 radical (unpaired) electrons. The summed E-state index contributed by atoms with van der Waals surface area (Å²) in [5.41, 5.74) is 2.72. The van der Waals surface area contributed by atoms with Gasteiger partial charge >= 0.3 is 11.8 Å². The van der Waals surface area contributed by atoms with Crippen LogP contribution in [0, 0.1) is 17.2 Å². The van der Waals surface area contributed by atoms with Crippen LogP contribution in [-0.4, -0.2) is 30.3 Å². The summed E-state index contributed by atoms with van der Waals surface area (Å²) in [7, 11) is 0. The highest BCUT2D eigenvalue weighted by Crippen LogP contribution is 2.54. The molecule has 98 valence electrons. The van der Waals surface area contributed by atoms with Crippen LogP contribution in [-0.2, 0) is 0 Å². The zero-order valence-corrected chi connectivity index (χ0v) is 9.61. The minimum absolute atomic E-state index is 0.0247. The summed E-state index contributed by atoms with van der Waals surface area (Å²) in [5.74, 6) is -9.28. The first-order chi connectivity index (χ1) is 7.72. The molecule has 1 rings (SSSR count). The maximum absolute atomic E-state index is 12.9. The van der Waals surface area contributed by atoms with Gasteiger partial charge < -0.3 is 10.8 Å². The minimum Gasteiger partial charge on any atom is -0.309 e. The van der Waals surface area contributed by atoms with Crippen molar-refractivity contribution in [1.82, 2.24) is 5.43 Å². The lowest BCUT2D eigenvalue weighted by Gasteiger charge is -2.43. The highest BCUT2D eigenvalue weighted by atomic mass is 19.3. The van der Waals surface area contributed by atoms with Crippen molar-refractivity contribution in [1.29, 1.82) is 5.41 Å².